The van der Waals surface area contributed by atoms with Crippen molar-refractivity contribution in [2.24, 2.45) is 0 Å². The Balaban J connectivity index is 2.28. The minimum Gasteiger partial charge on any atom is -0.307 e. The fourth-order valence-corrected chi connectivity index (χ4v) is 2.13. The summed E-state index contributed by atoms with van der Waals surface area (Å²) in [4.78, 5) is 13.9. The van der Waals surface area contributed by atoms with Crippen LogP contribution in [0.3, 0.4) is 0 Å². The molecule has 0 aliphatic rings. The summed E-state index contributed by atoms with van der Waals surface area (Å²) in [6.07, 6.45) is 0. The van der Waals surface area contributed by atoms with Gasteiger partial charge in [0, 0.05) is 5.69 Å². The van der Waals surface area contributed by atoms with E-state index in [0.717, 1.165) is 11.3 Å². The molecule has 0 fully saturated rings. The first-order valence-corrected chi connectivity index (χ1v) is 7.14. The average Bonchev–Trinajstić information content (AvgIpc) is 2.46. The molecule has 0 aromatic heterocycles. The Hall–Kier alpha value is -1.61. The molecule has 0 saturated heterocycles. The maximum absolute atomic E-state index is 12.3. The number of halogens is 1. The number of amides is 1. The van der Waals surface area contributed by atoms with Crippen molar-refractivity contribution in [3.05, 3.63) is 66.2 Å². The topological polar surface area (TPSA) is 20.3 Å². The van der Waals surface area contributed by atoms with E-state index in [1.807, 2.05) is 67.6 Å². The van der Waals surface area contributed by atoms with Crippen molar-refractivity contribution in [2.45, 2.75) is 18.3 Å². The molecule has 0 radical (unpaired) electrons. The largest absolute Gasteiger partial charge is 0.307 e. The van der Waals surface area contributed by atoms with E-state index in [1.54, 1.807) is 4.90 Å². The highest BCUT2D eigenvalue weighted by molar-refractivity contribution is 9.10. The number of hydrogen-bond donors (Lipinski definition) is 0. The number of nitrogens with zero attached hydrogens (tertiary/aromatic N) is 1. The SMILES string of the molecule is C[C@@H](Br)C(=O)N(Cc1ccccc1)c1ccccc1. The van der Waals surface area contributed by atoms with Gasteiger partial charge in [0.15, 0.2) is 0 Å². The van der Waals surface area contributed by atoms with Gasteiger partial charge in [-0.2, -0.15) is 0 Å². The lowest BCUT2D eigenvalue weighted by Gasteiger charge is -2.24. The molecule has 2 nitrogen and oxygen atoms in total. The van der Waals surface area contributed by atoms with Crippen LogP contribution in [0.1, 0.15) is 12.5 Å². The normalized spacial score (nSPS) is 11.9. The van der Waals surface area contributed by atoms with Crippen molar-refractivity contribution in [3.63, 3.8) is 0 Å². The molecular weight excluding hydrogens is 302 g/mol. The van der Waals surface area contributed by atoms with Gasteiger partial charge in [-0.3, -0.25) is 4.79 Å². The molecule has 0 heterocycles. The molecular formula is C16H16BrNO. The van der Waals surface area contributed by atoms with Gasteiger partial charge in [-0.15, -0.1) is 0 Å². The van der Waals surface area contributed by atoms with Crippen LogP contribution in [0.2, 0.25) is 0 Å². The second kappa shape index (κ2) is 6.53. The molecule has 1 amide bonds. The molecule has 2 aromatic rings. The summed E-state index contributed by atoms with van der Waals surface area (Å²) in [5, 5.41) is 0. The van der Waals surface area contributed by atoms with E-state index < -0.39 is 0 Å². The molecule has 0 unspecified atom stereocenters. The summed E-state index contributed by atoms with van der Waals surface area (Å²) in [5.74, 6) is 0.0649. The van der Waals surface area contributed by atoms with Gasteiger partial charge in [-0.25, -0.2) is 0 Å². The van der Waals surface area contributed by atoms with E-state index in [4.69, 9.17) is 0 Å². The van der Waals surface area contributed by atoms with E-state index in [9.17, 15) is 4.79 Å². The molecule has 2 aromatic carbocycles. The van der Waals surface area contributed by atoms with Crippen LogP contribution >= 0.6 is 15.9 Å². The number of para-hydroxylation sites is 1. The van der Waals surface area contributed by atoms with Crippen LogP contribution in [-0.4, -0.2) is 10.7 Å². The summed E-state index contributed by atoms with van der Waals surface area (Å²) in [7, 11) is 0. The first-order valence-electron chi connectivity index (χ1n) is 6.23. The first kappa shape index (κ1) is 13.8. The quantitative estimate of drug-likeness (QED) is 0.780. The van der Waals surface area contributed by atoms with E-state index in [2.05, 4.69) is 15.9 Å². The molecule has 0 saturated carbocycles. The lowest BCUT2D eigenvalue weighted by molar-refractivity contribution is -0.117. The Labute approximate surface area is 122 Å². The third-order valence-electron chi connectivity index (χ3n) is 2.86. The van der Waals surface area contributed by atoms with Gasteiger partial charge < -0.3 is 4.90 Å². The van der Waals surface area contributed by atoms with Gasteiger partial charge in [0.2, 0.25) is 5.91 Å². The van der Waals surface area contributed by atoms with Crippen LogP contribution in [-0.2, 0) is 11.3 Å². The number of benzene rings is 2. The molecule has 0 spiro atoms. The van der Waals surface area contributed by atoms with Gasteiger partial charge in [-0.1, -0.05) is 64.5 Å². The number of carbonyl (C=O) groups excluding carboxylic acids is 1. The standard InChI is InChI=1S/C16H16BrNO/c1-13(17)16(19)18(15-10-6-3-7-11-15)12-14-8-4-2-5-9-14/h2-11,13H,12H2,1H3/t13-/m1/s1. The number of carbonyl (C=O) groups is 1. The minimum atomic E-state index is -0.198. The Morgan fingerprint density at radius 2 is 1.58 bits per heavy atom. The van der Waals surface area contributed by atoms with Crippen LogP contribution in [0.25, 0.3) is 0 Å². The van der Waals surface area contributed by atoms with Crippen molar-refractivity contribution in [1.82, 2.24) is 0 Å². The smallest absolute Gasteiger partial charge is 0.240 e. The summed E-state index contributed by atoms with van der Waals surface area (Å²) in [6, 6.07) is 19.8. The molecule has 0 N–H and O–H groups in total. The Morgan fingerprint density at radius 3 is 2.11 bits per heavy atom. The van der Waals surface area contributed by atoms with Gasteiger partial charge in [-0.05, 0) is 24.6 Å². The molecule has 0 aliphatic carbocycles. The van der Waals surface area contributed by atoms with E-state index in [1.165, 1.54) is 0 Å². The van der Waals surface area contributed by atoms with Gasteiger partial charge in [0.25, 0.3) is 0 Å². The highest BCUT2D eigenvalue weighted by atomic mass is 79.9. The summed E-state index contributed by atoms with van der Waals surface area (Å²) < 4.78 is 0. The summed E-state index contributed by atoms with van der Waals surface area (Å²) >= 11 is 3.36. The maximum Gasteiger partial charge on any atom is 0.240 e. The van der Waals surface area contributed by atoms with Crippen molar-refractivity contribution in [3.8, 4) is 0 Å². The Morgan fingerprint density at radius 1 is 1.05 bits per heavy atom. The minimum absolute atomic E-state index is 0.0649. The van der Waals surface area contributed by atoms with Crippen LogP contribution in [0.15, 0.2) is 60.7 Å². The number of hydrogen-bond acceptors (Lipinski definition) is 1. The molecule has 3 heteroatoms. The van der Waals surface area contributed by atoms with Crippen molar-refractivity contribution >= 4 is 27.5 Å². The lowest BCUT2D eigenvalue weighted by atomic mass is 10.2. The van der Waals surface area contributed by atoms with Crippen LogP contribution in [0.5, 0.6) is 0 Å². The van der Waals surface area contributed by atoms with E-state index >= 15 is 0 Å². The molecule has 0 bridgehead atoms. The molecule has 1 atom stereocenters. The molecule has 0 aliphatic heterocycles. The maximum atomic E-state index is 12.3. The van der Waals surface area contributed by atoms with Gasteiger partial charge in [0.1, 0.15) is 0 Å². The lowest BCUT2D eigenvalue weighted by Crippen LogP contribution is -2.35. The third kappa shape index (κ3) is 3.67. The fourth-order valence-electron chi connectivity index (χ4n) is 1.89. The first-order chi connectivity index (χ1) is 9.18. The number of rotatable bonds is 4. The van der Waals surface area contributed by atoms with E-state index in [0.29, 0.717) is 6.54 Å². The zero-order valence-electron chi connectivity index (χ0n) is 10.8. The highest BCUT2D eigenvalue weighted by Crippen LogP contribution is 2.19. The fraction of sp³-hybridized carbons (Fsp3) is 0.188. The molecule has 98 valence electrons. The van der Waals surface area contributed by atoms with Gasteiger partial charge >= 0.3 is 0 Å². The zero-order valence-corrected chi connectivity index (χ0v) is 12.4. The van der Waals surface area contributed by atoms with Crippen LogP contribution in [0.4, 0.5) is 5.69 Å². The van der Waals surface area contributed by atoms with Crippen molar-refractivity contribution in [2.75, 3.05) is 4.90 Å². The monoisotopic (exact) mass is 317 g/mol. The molecule has 19 heavy (non-hydrogen) atoms. The summed E-state index contributed by atoms with van der Waals surface area (Å²) in [5.41, 5.74) is 2.04. The van der Waals surface area contributed by atoms with Crippen LogP contribution in [0, 0.1) is 0 Å². The van der Waals surface area contributed by atoms with E-state index in [-0.39, 0.29) is 10.7 Å². The number of anilines is 1. The third-order valence-corrected chi connectivity index (χ3v) is 3.25. The zero-order chi connectivity index (χ0) is 13.7. The summed E-state index contributed by atoms with van der Waals surface area (Å²) in [6.45, 7) is 2.43. The van der Waals surface area contributed by atoms with Gasteiger partial charge in [0.05, 0.1) is 11.4 Å². The van der Waals surface area contributed by atoms with Crippen molar-refractivity contribution in [1.29, 1.82) is 0 Å². The Bertz CT molecular complexity index is 525. The predicted molar refractivity (Wildman–Crippen MR) is 82.5 cm³/mol. The predicted octanol–water partition coefficient (Wildman–Crippen LogP) is 4.00. The van der Waals surface area contributed by atoms with Crippen molar-refractivity contribution < 1.29 is 4.79 Å². The van der Waals surface area contributed by atoms with Crippen LogP contribution < -0.4 is 4.90 Å². The Kier molecular flexibility index (Phi) is 4.74. The second-order valence-corrected chi connectivity index (χ2v) is 5.74. The highest BCUT2D eigenvalue weighted by Gasteiger charge is 2.19. The number of alkyl halides is 1. The second-order valence-electron chi connectivity index (χ2n) is 4.36. The molecule has 2 rings (SSSR count). The average molecular weight is 318 g/mol.